The van der Waals surface area contributed by atoms with Gasteiger partial charge in [0, 0.05) is 19.5 Å². The van der Waals surface area contributed by atoms with Gasteiger partial charge in [-0.25, -0.2) is 4.99 Å². The molecule has 10 nitrogen and oxygen atoms in total. The maximum Gasteiger partial charge on any atom is 0.296 e. The first kappa shape index (κ1) is 24.2. The van der Waals surface area contributed by atoms with Crippen LogP contribution in [0.3, 0.4) is 0 Å². The molecule has 0 unspecified atom stereocenters. The first-order chi connectivity index (χ1) is 15.8. The standard InChI is InChI=1S/C22H25N5O5S/c1-25(2)11-12-26-21(29)19(33-22(26)23-15-7-5-4-6-8-15)14-20(28)24-17-10-9-16(32-3)13-18(17)27(30)31/h4-10,13,19H,11-12,14H2,1-3H3,(H,24,28)/t19-/m1/s1. The highest BCUT2D eigenvalue weighted by Gasteiger charge is 2.39. The van der Waals surface area contributed by atoms with Crippen molar-refractivity contribution in [1.29, 1.82) is 0 Å². The van der Waals surface area contributed by atoms with Gasteiger partial charge < -0.3 is 15.0 Å². The molecule has 1 N–H and O–H groups in total. The van der Waals surface area contributed by atoms with E-state index in [-0.39, 0.29) is 23.7 Å². The molecule has 3 rings (SSSR count). The Balaban J connectivity index is 1.76. The molecule has 11 heteroatoms. The van der Waals surface area contributed by atoms with Gasteiger partial charge in [0.05, 0.1) is 23.8 Å². The van der Waals surface area contributed by atoms with Crippen LogP contribution in [0.5, 0.6) is 5.75 Å². The van der Waals surface area contributed by atoms with Crippen LogP contribution < -0.4 is 10.1 Å². The van der Waals surface area contributed by atoms with E-state index >= 15 is 0 Å². The number of rotatable bonds is 9. The van der Waals surface area contributed by atoms with Crippen molar-refractivity contribution < 1.29 is 19.2 Å². The number of ether oxygens (including phenoxy) is 1. The number of hydrogen-bond acceptors (Lipinski definition) is 8. The number of amides is 2. The molecule has 0 saturated carbocycles. The van der Waals surface area contributed by atoms with E-state index in [1.54, 1.807) is 4.90 Å². The maximum atomic E-state index is 13.1. The maximum absolute atomic E-state index is 13.1. The second-order valence-electron chi connectivity index (χ2n) is 7.52. The molecule has 0 aliphatic carbocycles. The summed E-state index contributed by atoms with van der Waals surface area (Å²) in [7, 11) is 5.22. The number of amidine groups is 1. The van der Waals surface area contributed by atoms with Crippen LogP contribution >= 0.6 is 11.8 Å². The van der Waals surface area contributed by atoms with Gasteiger partial charge in [-0.05, 0) is 38.4 Å². The van der Waals surface area contributed by atoms with Gasteiger partial charge in [-0.1, -0.05) is 30.0 Å². The zero-order chi connectivity index (χ0) is 24.0. The van der Waals surface area contributed by atoms with E-state index in [4.69, 9.17) is 4.74 Å². The van der Waals surface area contributed by atoms with Gasteiger partial charge in [-0.3, -0.25) is 24.6 Å². The molecular formula is C22H25N5O5S. The summed E-state index contributed by atoms with van der Waals surface area (Å²) in [5.41, 5.74) is 0.470. The number of methoxy groups -OCH3 is 1. The topological polar surface area (TPSA) is 117 Å². The third-order valence-corrected chi connectivity index (χ3v) is 5.99. The normalized spacial score (nSPS) is 17.0. The number of aliphatic imine (C=N–C) groups is 1. The molecule has 1 aliphatic rings. The molecule has 0 aromatic heterocycles. The lowest BCUT2D eigenvalue weighted by Gasteiger charge is -2.19. The fourth-order valence-corrected chi connectivity index (χ4v) is 4.29. The van der Waals surface area contributed by atoms with Crippen molar-refractivity contribution in [2.45, 2.75) is 11.7 Å². The molecule has 1 atom stereocenters. The number of nitrogens with one attached hydrogen (secondary N) is 1. The number of carbonyl (C=O) groups excluding carboxylic acids is 2. The second kappa shape index (κ2) is 10.9. The van der Waals surface area contributed by atoms with Gasteiger partial charge in [0.25, 0.3) is 5.69 Å². The minimum atomic E-state index is -0.674. The summed E-state index contributed by atoms with van der Waals surface area (Å²) in [6.45, 7) is 1.07. The molecule has 0 radical (unpaired) electrons. The van der Waals surface area contributed by atoms with E-state index in [9.17, 15) is 19.7 Å². The number of thioether (sulfide) groups is 1. The van der Waals surface area contributed by atoms with Crippen LogP contribution in [-0.2, 0) is 9.59 Å². The average Bonchev–Trinajstić information content (AvgIpc) is 3.06. The van der Waals surface area contributed by atoms with Gasteiger partial charge in [0.1, 0.15) is 16.7 Å². The predicted octanol–water partition coefficient (Wildman–Crippen LogP) is 3.13. The van der Waals surface area contributed by atoms with Crippen LogP contribution in [0.2, 0.25) is 0 Å². The molecule has 2 aromatic rings. The molecule has 2 aromatic carbocycles. The second-order valence-corrected chi connectivity index (χ2v) is 8.69. The Kier molecular flexibility index (Phi) is 8.01. The SMILES string of the molecule is COc1ccc(NC(=O)C[C@H]2SC(=Nc3ccccc3)N(CCN(C)C)C2=O)c([N+](=O)[O-])c1. The molecule has 1 heterocycles. The molecule has 0 spiro atoms. The minimum Gasteiger partial charge on any atom is -0.496 e. The van der Waals surface area contributed by atoms with Gasteiger partial charge in [-0.15, -0.1) is 0 Å². The fraction of sp³-hybridized carbons (Fsp3) is 0.318. The third-order valence-electron chi connectivity index (χ3n) is 4.82. The predicted molar refractivity (Wildman–Crippen MR) is 128 cm³/mol. The van der Waals surface area contributed by atoms with Crippen molar-refractivity contribution in [3.8, 4) is 5.75 Å². The Hall–Kier alpha value is -3.44. The van der Waals surface area contributed by atoms with Gasteiger partial charge in [0.15, 0.2) is 5.17 Å². The number of anilines is 1. The summed E-state index contributed by atoms with van der Waals surface area (Å²) < 4.78 is 5.01. The Labute approximate surface area is 195 Å². The molecule has 33 heavy (non-hydrogen) atoms. The van der Waals surface area contributed by atoms with E-state index in [1.165, 1.54) is 37.1 Å². The zero-order valence-electron chi connectivity index (χ0n) is 18.6. The van der Waals surface area contributed by atoms with E-state index in [1.807, 2.05) is 49.3 Å². The summed E-state index contributed by atoms with van der Waals surface area (Å²) in [5.74, 6) is -0.405. The lowest BCUT2D eigenvalue weighted by atomic mass is 10.2. The fourth-order valence-electron chi connectivity index (χ4n) is 3.11. The number of hydrogen-bond donors (Lipinski definition) is 1. The van der Waals surface area contributed by atoms with Gasteiger partial charge >= 0.3 is 0 Å². The zero-order valence-corrected chi connectivity index (χ0v) is 19.4. The molecule has 1 aliphatic heterocycles. The lowest BCUT2D eigenvalue weighted by Crippen LogP contribution is -2.38. The Morgan fingerprint density at radius 1 is 1.27 bits per heavy atom. The number of para-hydroxylation sites is 1. The van der Waals surface area contributed by atoms with Crippen LogP contribution in [-0.4, -0.2) is 71.2 Å². The monoisotopic (exact) mass is 471 g/mol. The van der Waals surface area contributed by atoms with E-state index in [0.29, 0.717) is 29.7 Å². The van der Waals surface area contributed by atoms with Crippen molar-refractivity contribution in [3.05, 3.63) is 58.6 Å². The van der Waals surface area contributed by atoms with Crippen LogP contribution in [0.25, 0.3) is 0 Å². The van der Waals surface area contributed by atoms with Crippen LogP contribution in [0.1, 0.15) is 6.42 Å². The molecular weight excluding hydrogens is 446 g/mol. The van der Waals surface area contributed by atoms with Crippen LogP contribution in [0.15, 0.2) is 53.5 Å². The highest BCUT2D eigenvalue weighted by molar-refractivity contribution is 8.15. The number of nitro groups is 1. The van der Waals surface area contributed by atoms with E-state index in [0.717, 1.165) is 0 Å². The first-order valence-corrected chi connectivity index (χ1v) is 11.0. The third kappa shape index (κ3) is 6.30. The molecule has 174 valence electrons. The van der Waals surface area contributed by atoms with Crippen LogP contribution in [0, 0.1) is 10.1 Å². The molecule has 1 fully saturated rings. The Morgan fingerprint density at radius 3 is 2.64 bits per heavy atom. The van der Waals surface area contributed by atoms with E-state index in [2.05, 4.69) is 10.3 Å². The van der Waals surface area contributed by atoms with Crippen molar-refractivity contribution in [2.75, 3.05) is 39.6 Å². The number of benzene rings is 2. The summed E-state index contributed by atoms with van der Waals surface area (Å²) in [5, 5.41) is 13.8. The number of nitro benzene ring substituents is 1. The van der Waals surface area contributed by atoms with E-state index < -0.39 is 16.1 Å². The van der Waals surface area contributed by atoms with Gasteiger partial charge in [-0.2, -0.15) is 0 Å². The van der Waals surface area contributed by atoms with Crippen molar-refractivity contribution in [2.24, 2.45) is 4.99 Å². The Morgan fingerprint density at radius 2 is 2.00 bits per heavy atom. The highest BCUT2D eigenvalue weighted by atomic mass is 32.2. The van der Waals surface area contributed by atoms with Gasteiger partial charge in [0.2, 0.25) is 11.8 Å². The molecule has 1 saturated heterocycles. The summed E-state index contributed by atoms with van der Waals surface area (Å²) >= 11 is 1.22. The minimum absolute atomic E-state index is 0.0453. The van der Waals surface area contributed by atoms with Crippen molar-refractivity contribution >= 4 is 45.8 Å². The van der Waals surface area contributed by atoms with Crippen molar-refractivity contribution in [3.63, 3.8) is 0 Å². The summed E-state index contributed by atoms with van der Waals surface area (Å²) in [6, 6.07) is 13.4. The lowest BCUT2D eigenvalue weighted by molar-refractivity contribution is -0.384. The first-order valence-electron chi connectivity index (χ1n) is 10.2. The number of nitrogens with zero attached hydrogens (tertiary/aromatic N) is 4. The largest absolute Gasteiger partial charge is 0.496 e. The average molecular weight is 472 g/mol. The molecule has 0 bridgehead atoms. The number of carbonyl (C=O) groups is 2. The quantitative estimate of drug-likeness (QED) is 0.441. The number of likely N-dealkylation sites (N-methyl/N-ethyl adjacent to an activating group) is 1. The smallest absolute Gasteiger partial charge is 0.296 e. The molecule has 2 amide bonds. The van der Waals surface area contributed by atoms with Crippen molar-refractivity contribution in [1.82, 2.24) is 9.80 Å². The summed E-state index contributed by atoms with van der Waals surface area (Å²) in [6.07, 6.45) is -0.140. The van der Waals surface area contributed by atoms with Crippen LogP contribution in [0.4, 0.5) is 17.1 Å². The summed E-state index contributed by atoms with van der Waals surface area (Å²) in [4.78, 5) is 44.7. The Bertz CT molecular complexity index is 1060. The highest BCUT2D eigenvalue weighted by Crippen LogP contribution is 2.33.